The topological polar surface area (TPSA) is 110 Å². The normalized spacial score (nSPS) is 26.8. The Balaban J connectivity index is 2.33. The molecule has 3 N–H and O–H groups in total. The number of primary sulfonamides is 1. The summed E-state index contributed by atoms with van der Waals surface area (Å²) in [6.45, 7) is 3.66. The lowest BCUT2D eigenvalue weighted by Crippen LogP contribution is -2.09. The highest BCUT2D eigenvalue weighted by molar-refractivity contribution is 7.91. The van der Waals surface area contributed by atoms with Gasteiger partial charge in [-0.3, -0.25) is 4.79 Å². The Morgan fingerprint density at radius 3 is 2.53 bits per heavy atom. The van der Waals surface area contributed by atoms with E-state index >= 15 is 0 Å². The van der Waals surface area contributed by atoms with Crippen LogP contribution in [0.4, 0.5) is 0 Å². The van der Waals surface area contributed by atoms with Gasteiger partial charge in [0.05, 0.1) is 17.1 Å². The van der Waals surface area contributed by atoms with E-state index < -0.39 is 21.9 Å². The number of carboxylic acids is 1. The van der Waals surface area contributed by atoms with E-state index in [9.17, 15) is 13.2 Å². The van der Waals surface area contributed by atoms with Gasteiger partial charge >= 0.3 is 5.97 Å². The number of aliphatic carboxylic acids is 1. The third-order valence-electron chi connectivity index (χ3n) is 3.14. The van der Waals surface area contributed by atoms with Crippen molar-refractivity contribution in [3.63, 3.8) is 0 Å². The molecular formula is C9H12N2O4S2. The van der Waals surface area contributed by atoms with Crippen LogP contribution in [0.25, 0.3) is 0 Å². The van der Waals surface area contributed by atoms with Gasteiger partial charge in [-0.25, -0.2) is 18.5 Å². The molecule has 0 saturated heterocycles. The molecule has 0 spiro atoms. The van der Waals surface area contributed by atoms with E-state index in [0.717, 1.165) is 11.3 Å². The van der Waals surface area contributed by atoms with Crippen LogP contribution < -0.4 is 5.14 Å². The molecule has 2 atom stereocenters. The Labute approximate surface area is 103 Å². The molecule has 1 aromatic rings. The Kier molecular flexibility index (Phi) is 2.57. The van der Waals surface area contributed by atoms with Crippen LogP contribution in [0.2, 0.25) is 0 Å². The highest BCUT2D eigenvalue weighted by atomic mass is 32.2. The number of rotatable bonds is 3. The van der Waals surface area contributed by atoms with E-state index in [1.165, 1.54) is 6.20 Å². The van der Waals surface area contributed by atoms with Crippen molar-refractivity contribution in [1.82, 2.24) is 4.98 Å². The minimum absolute atomic E-state index is 0.0284. The van der Waals surface area contributed by atoms with E-state index in [0.29, 0.717) is 5.01 Å². The van der Waals surface area contributed by atoms with Crippen LogP contribution in [0.15, 0.2) is 10.4 Å². The summed E-state index contributed by atoms with van der Waals surface area (Å²) in [4.78, 5) is 15.0. The van der Waals surface area contributed by atoms with Gasteiger partial charge in [-0.2, -0.15) is 0 Å². The Bertz CT molecular complexity index is 576. The molecule has 8 heteroatoms. The summed E-state index contributed by atoms with van der Waals surface area (Å²) in [7, 11) is -3.75. The van der Waals surface area contributed by atoms with Gasteiger partial charge in [0, 0.05) is 5.92 Å². The quantitative estimate of drug-likeness (QED) is 0.840. The van der Waals surface area contributed by atoms with Crippen LogP contribution >= 0.6 is 11.3 Å². The molecule has 0 amide bonds. The predicted molar refractivity (Wildman–Crippen MR) is 61.1 cm³/mol. The van der Waals surface area contributed by atoms with Gasteiger partial charge in [-0.1, -0.05) is 13.8 Å². The number of nitrogens with zero attached hydrogens (tertiary/aromatic N) is 1. The number of carbonyl (C=O) groups is 1. The van der Waals surface area contributed by atoms with Gasteiger partial charge in [0.25, 0.3) is 0 Å². The van der Waals surface area contributed by atoms with Crippen molar-refractivity contribution in [2.75, 3.05) is 0 Å². The molecule has 17 heavy (non-hydrogen) atoms. The van der Waals surface area contributed by atoms with Crippen LogP contribution in [-0.4, -0.2) is 24.5 Å². The average Bonchev–Trinajstić information content (AvgIpc) is 2.59. The smallest absolute Gasteiger partial charge is 0.307 e. The molecule has 0 bridgehead atoms. The molecule has 2 rings (SSSR count). The number of hydrogen-bond donors (Lipinski definition) is 2. The summed E-state index contributed by atoms with van der Waals surface area (Å²) in [6.07, 6.45) is 1.18. The van der Waals surface area contributed by atoms with Gasteiger partial charge in [-0.15, -0.1) is 11.3 Å². The summed E-state index contributed by atoms with van der Waals surface area (Å²) in [5.41, 5.74) is -0.390. The zero-order valence-corrected chi connectivity index (χ0v) is 10.9. The van der Waals surface area contributed by atoms with Crippen molar-refractivity contribution in [2.24, 2.45) is 16.5 Å². The van der Waals surface area contributed by atoms with E-state index in [1.807, 2.05) is 13.8 Å². The summed E-state index contributed by atoms with van der Waals surface area (Å²) in [5, 5.41) is 14.5. The van der Waals surface area contributed by atoms with Crippen molar-refractivity contribution in [3.8, 4) is 0 Å². The first-order valence-corrected chi connectivity index (χ1v) is 7.23. The molecule has 1 aliphatic carbocycles. The molecule has 6 nitrogen and oxygen atoms in total. The molecule has 1 aromatic heterocycles. The zero-order valence-electron chi connectivity index (χ0n) is 9.25. The highest BCUT2D eigenvalue weighted by Crippen LogP contribution is 2.64. The molecule has 0 aliphatic heterocycles. The van der Waals surface area contributed by atoms with E-state index in [2.05, 4.69) is 4.98 Å². The molecule has 1 fully saturated rings. The van der Waals surface area contributed by atoms with Crippen molar-refractivity contribution in [3.05, 3.63) is 11.2 Å². The molecule has 1 saturated carbocycles. The maximum Gasteiger partial charge on any atom is 0.307 e. The number of thiazole rings is 1. The summed E-state index contributed by atoms with van der Waals surface area (Å²) < 4.78 is 22.2. The fourth-order valence-corrected chi connectivity index (χ4v) is 4.01. The van der Waals surface area contributed by atoms with Gasteiger partial charge < -0.3 is 5.11 Å². The Hall–Kier alpha value is -0.990. The van der Waals surface area contributed by atoms with Crippen LogP contribution in [-0.2, 0) is 14.8 Å². The largest absolute Gasteiger partial charge is 0.481 e. The van der Waals surface area contributed by atoms with E-state index in [1.54, 1.807) is 0 Å². The first-order valence-electron chi connectivity index (χ1n) is 4.87. The van der Waals surface area contributed by atoms with Crippen molar-refractivity contribution < 1.29 is 18.3 Å². The van der Waals surface area contributed by atoms with E-state index in [-0.39, 0.29) is 15.5 Å². The fraction of sp³-hybridized carbons (Fsp3) is 0.556. The number of nitrogens with two attached hydrogens (primary N) is 1. The third-order valence-corrected chi connectivity index (χ3v) is 5.63. The number of carboxylic acid groups (broad SMARTS) is 1. The molecule has 0 unspecified atom stereocenters. The predicted octanol–water partition coefficient (Wildman–Crippen LogP) is 0.615. The minimum atomic E-state index is -3.75. The lowest BCUT2D eigenvalue weighted by molar-refractivity contribution is -0.139. The second kappa shape index (κ2) is 3.50. The second-order valence-electron chi connectivity index (χ2n) is 4.68. The van der Waals surface area contributed by atoms with Crippen LogP contribution in [0.5, 0.6) is 0 Å². The molecule has 0 aromatic carbocycles. The first-order chi connectivity index (χ1) is 7.65. The number of sulfonamides is 1. The third kappa shape index (κ3) is 1.96. The molecule has 1 aliphatic rings. The number of hydrogen-bond acceptors (Lipinski definition) is 5. The standard InChI is InChI=1S/C9H12N2O4S2/c1-9(2)5(6(9)8(12)13)7-11-3-4(16-7)17(10,14)15/h3,5-6H,1-2H3,(H,12,13)(H2,10,14,15)/t5-,6-/m1/s1. The lowest BCUT2D eigenvalue weighted by Gasteiger charge is -1.97. The SMILES string of the molecule is CC1(C)[C@@H](C(=O)O)[C@@H]1c1ncc(S(N)(=O)=O)s1. The maximum absolute atomic E-state index is 11.1. The van der Waals surface area contributed by atoms with Crippen molar-refractivity contribution in [1.29, 1.82) is 0 Å². The average molecular weight is 276 g/mol. The summed E-state index contributed by atoms with van der Waals surface area (Å²) in [6, 6.07) is 0. The Morgan fingerprint density at radius 1 is 1.59 bits per heavy atom. The molecule has 94 valence electrons. The van der Waals surface area contributed by atoms with Crippen molar-refractivity contribution >= 4 is 27.3 Å². The van der Waals surface area contributed by atoms with Gasteiger partial charge in [0.1, 0.15) is 0 Å². The Morgan fingerprint density at radius 2 is 2.18 bits per heavy atom. The molecule has 1 heterocycles. The maximum atomic E-state index is 11.1. The van der Waals surface area contributed by atoms with Crippen LogP contribution in [0.3, 0.4) is 0 Å². The number of aromatic nitrogens is 1. The van der Waals surface area contributed by atoms with Gasteiger partial charge in [-0.05, 0) is 5.41 Å². The lowest BCUT2D eigenvalue weighted by atomic mass is 10.1. The molecule has 0 radical (unpaired) electrons. The minimum Gasteiger partial charge on any atom is -0.481 e. The second-order valence-corrected chi connectivity index (χ2v) is 7.53. The van der Waals surface area contributed by atoms with Crippen molar-refractivity contribution in [2.45, 2.75) is 24.0 Å². The monoisotopic (exact) mass is 276 g/mol. The fourth-order valence-electron chi connectivity index (χ4n) is 2.11. The first kappa shape index (κ1) is 12.5. The van der Waals surface area contributed by atoms with Crippen LogP contribution in [0.1, 0.15) is 24.8 Å². The van der Waals surface area contributed by atoms with Gasteiger partial charge in [0.2, 0.25) is 10.0 Å². The summed E-state index contributed by atoms with van der Waals surface area (Å²) in [5.74, 6) is -1.63. The highest BCUT2D eigenvalue weighted by Gasteiger charge is 2.64. The molecular weight excluding hydrogens is 264 g/mol. The summed E-state index contributed by atoms with van der Waals surface area (Å²) >= 11 is 0.946. The zero-order chi connectivity index (χ0) is 13.0. The van der Waals surface area contributed by atoms with E-state index in [4.69, 9.17) is 10.2 Å². The van der Waals surface area contributed by atoms with Gasteiger partial charge in [0.15, 0.2) is 4.21 Å². The van der Waals surface area contributed by atoms with Crippen LogP contribution in [0, 0.1) is 11.3 Å².